The fraction of sp³-hybridized carbons (Fsp3) is 0.480. The number of aryl methyl sites for hydroxylation is 2. The maximum Gasteiger partial charge on any atom is 0.340 e. The van der Waals surface area contributed by atoms with Crippen molar-refractivity contribution in [3.05, 3.63) is 29.8 Å². The van der Waals surface area contributed by atoms with Gasteiger partial charge in [-0.25, -0.2) is 19.7 Å². The second-order valence-electron chi connectivity index (χ2n) is 9.35. The molecule has 1 fully saturated rings. The van der Waals surface area contributed by atoms with Crippen molar-refractivity contribution in [2.45, 2.75) is 45.1 Å². The Hall–Kier alpha value is -3.89. The minimum atomic E-state index is -0.551. The molecule has 11 heteroatoms. The Balaban J connectivity index is 1.17. The molecule has 0 unspecified atom stereocenters. The van der Waals surface area contributed by atoms with Crippen molar-refractivity contribution in [3.8, 4) is 11.5 Å². The lowest BCUT2D eigenvalue weighted by atomic mass is 9.95. The molecule has 188 valence electrons. The van der Waals surface area contributed by atoms with Gasteiger partial charge in [0.15, 0.2) is 28.5 Å². The first-order valence-electron chi connectivity index (χ1n) is 12.4. The molecule has 1 aromatic carbocycles. The second-order valence-corrected chi connectivity index (χ2v) is 9.35. The van der Waals surface area contributed by atoms with E-state index in [0.29, 0.717) is 43.1 Å². The molecule has 5 heterocycles. The largest absolute Gasteiger partial charge is 0.465 e. The smallest absolute Gasteiger partial charge is 0.340 e. The Bertz CT molecular complexity index is 1330. The van der Waals surface area contributed by atoms with Gasteiger partial charge in [-0.1, -0.05) is 6.42 Å². The van der Waals surface area contributed by atoms with Gasteiger partial charge in [-0.15, -0.1) is 0 Å². The van der Waals surface area contributed by atoms with Gasteiger partial charge in [-0.3, -0.25) is 4.79 Å². The number of nitrogens with one attached hydrogen (secondary N) is 1. The molecule has 0 spiro atoms. The number of methoxy groups -OCH3 is 1. The molecular formula is C25H28N6O5. The van der Waals surface area contributed by atoms with Gasteiger partial charge in [-0.2, -0.15) is 0 Å². The number of aromatic nitrogens is 4. The summed E-state index contributed by atoms with van der Waals surface area (Å²) >= 11 is 0. The van der Waals surface area contributed by atoms with Crippen molar-refractivity contribution in [2.75, 3.05) is 37.2 Å². The Kier molecular flexibility index (Phi) is 5.82. The van der Waals surface area contributed by atoms with Gasteiger partial charge in [0, 0.05) is 44.1 Å². The molecule has 2 aromatic heterocycles. The highest BCUT2D eigenvalue weighted by Crippen LogP contribution is 2.38. The molecule has 0 saturated carbocycles. The summed E-state index contributed by atoms with van der Waals surface area (Å²) in [7, 11) is 1.30. The third-order valence-electron chi connectivity index (χ3n) is 7.22. The van der Waals surface area contributed by atoms with E-state index in [2.05, 4.69) is 24.8 Å². The lowest BCUT2D eigenvalue weighted by Crippen LogP contribution is -2.38. The van der Waals surface area contributed by atoms with E-state index in [0.717, 1.165) is 48.6 Å². The number of benzene rings is 1. The predicted molar refractivity (Wildman–Crippen MR) is 130 cm³/mol. The highest BCUT2D eigenvalue weighted by molar-refractivity contribution is 6.03. The summed E-state index contributed by atoms with van der Waals surface area (Å²) in [5.74, 6) is 1.97. The van der Waals surface area contributed by atoms with Crippen molar-refractivity contribution in [2.24, 2.45) is 5.92 Å². The van der Waals surface area contributed by atoms with E-state index >= 15 is 0 Å². The van der Waals surface area contributed by atoms with E-state index in [9.17, 15) is 9.59 Å². The zero-order chi connectivity index (χ0) is 24.6. The molecule has 11 nitrogen and oxygen atoms in total. The van der Waals surface area contributed by atoms with Gasteiger partial charge in [0.1, 0.15) is 12.2 Å². The Labute approximate surface area is 207 Å². The number of amides is 1. The number of imidazole rings is 1. The molecule has 0 bridgehead atoms. The van der Waals surface area contributed by atoms with E-state index in [1.165, 1.54) is 13.5 Å². The van der Waals surface area contributed by atoms with Crippen LogP contribution in [-0.2, 0) is 22.5 Å². The summed E-state index contributed by atoms with van der Waals surface area (Å²) < 4.78 is 17.9. The van der Waals surface area contributed by atoms with Gasteiger partial charge in [0.05, 0.1) is 18.4 Å². The lowest BCUT2D eigenvalue weighted by molar-refractivity contribution is -0.120. The van der Waals surface area contributed by atoms with Crippen LogP contribution in [0, 0.1) is 5.92 Å². The minimum Gasteiger partial charge on any atom is -0.465 e. The number of anilines is 2. The fourth-order valence-corrected chi connectivity index (χ4v) is 5.27. The van der Waals surface area contributed by atoms with Crippen LogP contribution in [-0.4, -0.2) is 58.4 Å². The molecule has 0 radical (unpaired) electrons. The first kappa shape index (κ1) is 22.6. The summed E-state index contributed by atoms with van der Waals surface area (Å²) in [5, 5.41) is 2.91. The van der Waals surface area contributed by atoms with Crippen LogP contribution in [0.1, 0.15) is 48.3 Å². The molecule has 3 aromatic rings. The Morgan fingerprint density at radius 1 is 1.06 bits per heavy atom. The maximum absolute atomic E-state index is 13.2. The highest BCUT2D eigenvalue weighted by atomic mass is 16.7. The van der Waals surface area contributed by atoms with Crippen LogP contribution in [0.15, 0.2) is 18.5 Å². The molecular weight excluding hydrogens is 464 g/mol. The van der Waals surface area contributed by atoms with Crippen LogP contribution in [0.5, 0.6) is 11.5 Å². The fourth-order valence-electron chi connectivity index (χ4n) is 5.27. The van der Waals surface area contributed by atoms with E-state index in [1.807, 2.05) is 0 Å². The standard InChI is InChI=1S/C25H28N6O5/c1-34-25(33)16-11-18-19(36-14-35-18)12-17(16)28-24(32)15-6-9-30(10-7-15)22-21-23(27-13-26-22)31-8-4-2-3-5-20(31)29-21/h11-13,15H,2-10,14H2,1H3,(H,28,32). The maximum atomic E-state index is 13.2. The van der Waals surface area contributed by atoms with Gasteiger partial charge in [0.2, 0.25) is 12.7 Å². The molecule has 3 aliphatic heterocycles. The average Bonchev–Trinajstić information content (AvgIpc) is 3.44. The molecule has 3 aliphatic rings. The molecule has 36 heavy (non-hydrogen) atoms. The van der Waals surface area contributed by atoms with Crippen molar-refractivity contribution >= 4 is 34.5 Å². The number of nitrogens with zero attached hydrogens (tertiary/aromatic N) is 5. The van der Waals surface area contributed by atoms with Crippen molar-refractivity contribution < 1.29 is 23.8 Å². The first-order valence-corrected chi connectivity index (χ1v) is 12.4. The van der Waals surface area contributed by atoms with Gasteiger partial charge in [-0.05, 0) is 25.7 Å². The number of hydrogen-bond acceptors (Lipinski definition) is 9. The number of piperidine rings is 1. The summed E-state index contributed by atoms with van der Waals surface area (Å²) in [6, 6.07) is 3.15. The third-order valence-corrected chi connectivity index (χ3v) is 7.22. The zero-order valence-electron chi connectivity index (χ0n) is 20.2. The van der Waals surface area contributed by atoms with Crippen LogP contribution in [0.4, 0.5) is 11.5 Å². The normalized spacial score (nSPS) is 17.5. The topological polar surface area (TPSA) is 121 Å². The highest BCUT2D eigenvalue weighted by Gasteiger charge is 2.30. The molecule has 1 saturated heterocycles. The van der Waals surface area contributed by atoms with Crippen LogP contribution in [0.2, 0.25) is 0 Å². The van der Waals surface area contributed by atoms with E-state index in [4.69, 9.17) is 19.2 Å². The summed E-state index contributed by atoms with van der Waals surface area (Å²) in [6.45, 7) is 2.37. The SMILES string of the molecule is COC(=O)c1cc2c(cc1NC(=O)C1CCN(c3ncnc4c3nc3n4CCCCC3)CC1)OCO2. The van der Waals surface area contributed by atoms with Crippen LogP contribution < -0.4 is 19.7 Å². The number of hydrogen-bond donors (Lipinski definition) is 1. The minimum absolute atomic E-state index is 0.0713. The number of carbonyl (C=O) groups excluding carboxylic acids is 2. The first-order chi connectivity index (χ1) is 17.6. The summed E-state index contributed by atoms with van der Waals surface area (Å²) in [6.07, 6.45) is 7.39. The molecule has 6 rings (SSSR count). The number of rotatable bonds is 4. The van der Waals surface area contributed by atoms with Crippen molar-refractivity contribution in [3.63, 3.8) is 0 Å². The monoisotopic (exact) mass is 492 g/mol. The lowest BCUT2D eigenvalue weighted by Gasteiger charge is -2.32. The van der Waals surface area contributed by atoms with Gasteiger partial charge in [0.25, 0.3) is 0 Å². The summed E-state index contributed by atoms with van der Waals surface area (Å²) in [5.41, 5.74) is 2.33. The number of fused-ring (bicyclic) bond motifs is 4. The number of carbonyl (C=O) groups is 2. The second kappa shape index (κ2) is 9.29. The van der Waals surface area contributed by atoms with E-state index < -0.39 is 5.97 Å². The average molecular weight is 493 g/mol. The van der Waals surface area contributed by atoms with Gasteiger partial charge >= 0.3 is 5.97 Å². The molecule has 0 aliphatic carbocycles. The Morgan fingerprint density at radius 3 is 2.67 bits per heavy atom. The third kappa shape index (κ3) is 3.98. The number of esters is 1. The van der Waals surface area contributed by atoms with E-state index in [-0.39, 0.29) is 24.2 Å². The van der Waals surface area contributed by atoms with Crippen LogP contribution in [0.25, 0.3) is 11.2 Å². The molecule has 1 N–H and O–H groups in total. The van der Waals surface area contributed by atoms with Crippen LogP contribution >= 0.6 is 0 Å². The summed E-state index contributed by atoms with van der Waals surface area (Å²) in [4.78, 5) is 41.7. The quantitative estimate of drug-likeness (QED) is 0.548. The predicted octanol–water partition coefficient (Wildman–Crippen LogP) is 2.92. The molecule has 1 amide bonds. The Morgan fingerprint density at radius 2 is 1.86 bits per heavy atom. The van der Waals surface area contributed by atoms with E-state index in [1.54, 1.807) is 18.5 Å². The van der Waals surface area contributed by atoms with Crippen LogP contribution in [0.3, 0.4) is 0 Å². The van der Waals surface area contributed by atoms with Crippen molar-refractivity contribution in [1.29, 1.82) is 0 Å². The van der Waals surface area contributed by atoms with Gasteiger partial charge < -0.3 is 29.0 Å². The number of ether oxygens (including phenoxy) is 3. The van der Waals surface area contributed by atoms with Crippen molar-refractivity contribution in [1.82, 2.24) is 19.5 Å². The zero-order valence-corrected chi connectivity index (χ0v) is 20.2. The molecule has 0 atom stereocenters.